The van der Waals surface area contributed by atoms with Crippen LogP contribution in [0.5, 0.6) is 0 Å². The van der Waals surface area contributed by atoms with Crippen molar-refractivity contribution in [3.8, 4) is 0 Å². The van der Waals surface area contributed by atoms with Gasteiger partial charge in [0.05, 0.1) is 5.69 Å². The van der Waals surface area contributed by atoms with E-state index in [0.29, 0.717) is 5.13 Å². The molecule has 5 nitrogen and oxygen atoms in total. The molecule has 1 aromatic heterocycles. The SMILES string of the molecule is Cc1cccc(NC(=O)Nc2nc3c(s2)CNCC3)c1. The maximum Gasteiger partial charge on any atom is 0.325 e. The molecule has 0 fully saturated rings. The fourth-order valence-electron chi connectivity index (χ4n) is 2.16. The van der Waals surface area contributed by atoms with Gasteiger partial charge in [0.15, 0.2) is 5.13 Å². The van der Waals surface area contributed by atoms with Crippen LogP contribution >= 0.6 is 11.3 Å². The summed E-state index contributed by atoms with van der Waals surface area (Å²) in [7, 11) is 0. The van der Waals surface area contributed by atoms with Gasteiger partial charge in [0.2, 0.25) is 0 Å². The highest BCUT2D eigenvalue weighted by Crippen LogP contribution is 2.25. The lowest BCUT2D eigenvalue weighted by atomic mass is 10.2. The van der Waals surface area contributed by atoms with Gasteiger partial charge in [-0.25, -0.2) is 9.78 Å². The normalized spacial score (nSPS) is 13.7. The summed E-state index contributed by atoms with van der Waals surface area (Å²) < 4.78 is 0. The Hall–Kier alpha value is -1.92. The molecule has 2 aromatic rings. The summed E-state index contributed by atoms with van der Waals surface area (Å²) in [5.41, 5.74) is 2.99. The number of nitrogens with zero attached hydrogens (tertiary/aromatic N) is 1. The number of benzene rings is 1. The topological polar surface area (TPSA) is 66.0 Å². The van der Waals surface area contributed by atoms with E-state index in [0.717, 1.165) is 36.5 Å². The van der Waals surface area contributed by atoms with Crippen LogP contribution < -0.4 is 16.0 Å². The zero-order valence-corrected chi connectivity index (χ0v) is 12.0. The van der Waals surface area contributed by atoms with Crippen LogP contribution in [0.25, 0.3) is 0 Å². The summed E-state index contributed by atoms with van der Waals surface area (Å²) in [4.78, 5) is 17.6. The van der Waals surface area contributed by atoms with Crippen molar-refractivity contribution in [2.45, 2.75) is 19.9 Å². The quantitative estimate of drug-likeness (QED) is 0.796. The number of carbonyl (C=O) groups excluding carboxylic acids is 1. The molecule has 0 atom stereocenters. The minimum atomic E-state index is -0.255. The molecular formula is C14H16N4OS. The first-order valence-electron chi connectivity index (χ1n) is 6.55. The van der Waals surface area contributed by atoms with E-state index in [4.69, 9.17) is 0 Å². The highest BCUT2D eigenvalue weighted by atomic mass is 32.1. The number of fused-ring (bicyclic) bond motifs is 1. The zero-order chi connectivity index (χ0) is 13.9. The maximum atomic E-state index is 11.9. The molecule has 0 saturated carbocycles. The Bertz CT molecular complexity index is 614. The number of hydrogen-bond acceptors (Lipinski definition) is 4. The third-order valence-corrected chi connectivity index (χ3v) is 4.11. The van der Waals surface area contributed by atoms with Crippen molar-refractivity contribution in [2.75, 3.05) is 17.2 Å². The first-order chi connectivity index (χ1) is 9.70. The zero-order valence-electron chi connectivity index (χ0n) is 11.2. The molecular weight excluding hydrogens is 272 g/mol. The van der Waals surface area contributed by atoms with Gasteiger partial charge in [-0.3, -0.25) is 5.32 Å². The van der Waals surface area contributed by atoms with Crippen molar-refractivity contribution in [1.82, 2.24) is 10.3 Å². The highest BCUT2D eigenvalue weighted by Gasteiger charge is 2.15. The molecule has 0 saturated heterocycles. The second kappa shape index (κ2) is 5.60. The van der Waals surface area contributed by atoms with E-state index < -0.39 is 0 Å². The Morgan fingerprint density at radius 3 is 3.10 bits per heavy atom. The number of hydrogen-bond donors (Lipinski definition) is 3. The third-order valence-electron chi connectivity index (χ3n) is 3.10. The number of anilines is 2. The Balaban J connectivity index is 1.65. The second-order valence-corrected chi connectivity index (χ2v) is 5.85. The summed E-state index contributed by atoms with van der Waals surface area (Å²) in [6.07, 6.45) is 0.924. The van der Waals surface area contributed by atoms with Crippen LogP contribution in [-0.4, -0.2) is 17.6 Å². The van der Waals surface area contributed by atoms with Crippen molar-refractivity contribution < 1.29 is 4.79 Å². The van der Waals surface area contributed by atoms with Crippen LogP contribution in [0.3, 0.4) is 0 Å². The molecule has 0 aliphatic carbocycles. The fraction of sp³-hybridized carbons (Fsp3) is 0.286. The predicted molar refractivity (Wildman–Crippen MR) is 81.3 cm³/mol. The average molecular weight is 288 g/mol. The van der Waals surface area contributed by atoms with Crippen molar-refractivity contribution >= 4 is 28.2 Å². The second-order valence-electron chi connectivity index (χ2n) is 4.76. The van der Waals surface area contributed by atoms with Gasteiger partial charge in [-0.15, -0.1) is 11.3 Å². The van der Waals surface area contributed by atoms with Crippen LogP contribution in [-0.2, 0) is 13.0 Å². The van der Waals surface area contributed by atoms with Crippen LogP contribution in [0.2, 0.25) is 0 Å². The van der Waals surface area contributed by atoms with Crippen molar-refractivity contribution in [3.05, 3.63) is 40.4 Å². The smallest absolute Gasteiger partial charge is 0.311 e. The average Bonchev–Trinajstić information content (AvgIpc) is 2.80. The first kappa shape index (κ1) is 13.1. The molecule has 3 N–H and O–H groups in total. The molecule has 1 aliphatic rings. The van der Waals surface area contributed by atoms with Crippen LogP contribution in [0, 0.1) is 6.92 Å². The molecule has 0 unspecified atom stereocenters. The first-order valence-corrected chi connectivity index (χ1v) is 7.36. The molecule has 6 heteroatoms. The molecule has 0 radical (unpaired) electrons. The van der Waals surface area contributed by atoms with Gasteiger partial charge in [-0.1, -0.05) is 12.1 Å². The molecule has 3 rings (SSSR count). The predicted octanol–water partition coefficient (Wildman–Crippen LogP) is 2.74. The van der Waals surface area contributed by atoms with Crippen LogP contribution in [0.15, 0.2) is 24.3 Å². The summed E-state index contributed by atoms with van der Waals surface area (Å²) in [5.74, 6) is 0. The highest BCUT2D eigenvalue weighted by molar-refractivity contribution is 7.15. The van der Waals surface area contributed by atoms with E-state index in [1.165, 1.54) is 16.2 Å². The number of rotatable bonds is 2. The molecule has 1 aliphatic heterocycles. The lowest BCUT2D eigenvalue weighted by Crippen LogP contribution is -2.22. The minimum absolute atomic E-state index is 0.255. The molecule has 0 bridgehead atoms. The number of aryl methyl sites for hydroxylation is 1. The molecule has 0 spiro atoms. The van der Waals surface area contributed by atoms with E-state index in [2.05, 4.69) is 20.9 Å². The number of carbonyl (C=O) groups is 1. The number of aromatic nitrogens is 1. The van der Waals surface area contributed by atoms with Gasteiger partial charge >= 0.3 is 6.03 Å². The molecule has 104 valence electrons. The summed E-state index contributed by atoms with van der Waals surface area (Å²) in [5, 5.41) is 9.56. The van der Waals surface area contributed by atoms with Gasteiger partial charge in [0, 0.05) is 30.1 Å². The Morgan fingerprint density at radius 2 is 2.30 bits per heavy atom. The Morgan fingerprint density at radius 1 is 1.40 bits per heavy atom. The van der Waals surface area contributed by atoms with Crippen LogP contribution in [0.1, 0.15) is 16.1 Å². The maximum absolute atomic E-state index is 11.9. The van der Waals surface area contributed by atoms with E-state index in [-0.39, 0.29) is 6.03 Å². The van der Waals surface area contributed by atoms with E-state index in [9.17, 15) is 4.79 Å². The van der Waals surface area contributed by atoms with Crippen molar-refractivity contribution in [3.63, 3.8) is 0 Å². The van der Waals surface area contributed by atoms with Gasteiger partial charge in [0.1, 0.15) is 0 Å². The summed E-state index contributed by atoms with van der Waals surface area (Å²) in [6, 6.07) is 7.44. The minimum Gasteiger partial charge on any atom is -0.311 e. The largest absolute Gasteiger partial charge is 0.325 e. The summed E-state index contributed by atoms with van der Waals surface area (Å²) in [6.45, 7) is 3.78. The molecule has 20 heavy (non-hydrogen) atoms. The lowest BCUT2D eigenvalue weighted by molar-refractivity contribution is 0.262. The van der Waals surface area contributed by atoms with Crippen LogP contribution in [0.4, 0.5) is 15.6 Å². The van der Waals surface area contributed by atoms with Crippen molar-refractivity contribution in [1.29, 1.82) is 0 Å². The molecule has 1 aromatic carbocycles. The van der Waals surface area contributed by atoms with Gasteiger partial charge in [0.25, 0.3) is 0 Å². The fourth-order valence-corrected chi connectivity index (χ4v) is 3.13. The Kier molecular flexibility index (Phi) is 3.66. The number of thiazole rings is 1. The van der Waals surface area contributed by atoms with E-state index in [1.54, 1.807) is 0 Å². The van der Waals surface area contributed by atoms with E-state index in [1.807, 2.05) is 31.2 Å². The standard InChI is InChI=1S/C14H16N4OS/c1-9-3-2-4-10(7-9)16-13(19)18-14-17-11-5-6-15-8-12(11)20-14/h2-4,7,15H,5-6,8H2,1H3,(H2,16,17,18,19). The molecule has 2 amide bonds. The van der Waals surface area contributed by atoms with Gasteiger partial charge in [-0.2, -0.15) is 0 Å². The van der Waals surface area contributed by atoms with Gasteiger partial charge < -0.3 is 10.6 Å². The molecule has 2 heterocycles. The monoisotopic (exact) mass is 288 g/mol. The summed E-state index contributed by atoms with van der Waals surface area (Å²) >= 11 is 1.53. The van der Waals surface area contributed by atoms with E-state index >= 15 is 0 Å². The lowest BCUT2D eigenvalue weighted by Gasteiger charge is -2.09. The Labute approximate surface area is 121 Å². The van der Waals surface area contributed by atoms with Crippen molar-refractivity contribution in [2.24, 2.45) is 0 Å². The number of amides is 2. The van der Waals surface area contributed by atoms with Gasteiger partial charge in [-0.05, 0) is 24.6 Å². The third kappa shape index (κ3) is 2.97. The number of nitrogens with one attached hydrogen (secondary N) is 3. The number of urea groups is 1.